The number of benzene rings is 1. The zero-order valence-corrected chi connectivity index (χ0v) is 11.7. The van der Waals surface area contributed by atoms with E-state index in [4.69, 9.17) is 4.42 Å². The molecule has 1 unspecified atom stereocenters. The molecule has 1 atom stereocenters. The normalized spacial score (nSPS) is 14.2. The first kappa shape index (κ1) is 14.3. The van der Waals surface area contributed by atoms with E-state index < -0.39 is 11.4 Å². The summed E-state index contributed by atoms with van der Waals surface area (Å²) in [6, 6.07) is 13.0. The molecule has 4 heteroatoms. The number of carboxylic acids is 1. The van der Waals surface area contributed by atoms with Gasteiger partial charge in [0.1, 0.15) is 11.2 Å². The third kappa shape index (κ3) is 3.08. The monoisotopic (exact) mass is 273 g/mol. The molecular formula is C16H19NO3. The summed E-state index contributed by atoms with van der Waals surface area (Å²) in [5.74, 6) is 0.00305. The van der Waals surface area contributed by atoms with Crippen LogP contribution in [0.4, 0.5) is 0 Å². The number of aliphatic carboxylic acids is 1. The fourth-order valence-electron chi connectivity index (χ4n) is 2.35. The van der Waals surface area contributed by atoms with Crippen LogP contribution in [0.25, 0.3) is 0 Å². The van der Waals surface area contributed by atoms with E-state index >= 15 is 0 Å². The summed E-state index contributed by atoms with van der Waals surface area (Å²) in [6.45, 7) is 2.75. The number of furan rings is 1. The Labute approximate surface area is 118 Å². The van der Waals surface area contributed by atoms with Gasteiger partial charge in [-0.2, -0.15) is 0 Å². The van der Waals surface area contributed by atoms with Crippen LogP contribution in [0.5, 0.6) is 0 Å². The van der Waals surface area contributed by atoms with Crippen molar-refractivity contribution in [2.24, 2.45) is 0 Å². The minimum atomic E-state index is -0.942. The maximum absolute atomic E-state index is 11.7. The lowest BCUT2D eigenvalue weighted by atomic mass is 9.82. The molecule has 1 aromatic heterocycles. The summed E-state index contributed by atoms with van der Waals surface area (Å²) in [5, 5.41) is 9.61. The first-order valence-electron chi connectivity index (χ1n) is 6.52. The predicted octanol–water partition coefficient (Wildman–Crippen LogP) is 2.75. The second-order valence-corrected chi connectivity index (χ2v) is 5.25. The second-order valence-electron chi connectivity index (χ2n) is 5.25. The smallest absolute Gasteiger partial charge is 0.315 e. The van der Waals surface area contributed by atoms with Crippen LogP contribution in [0.15, 0.2) is 53.1 Å². The Morgan fingerprint density at radius 3 is 2.50 bits per heavy atom. The number of rotatable bonds is 6. The lowest BCUT2D eigenvalue weighted by Gasteiger charge is -2.30. The van der Waals surface area contributed by atoms with Crippen molar-refractivity contribution in [3.63, 3.8) is 0 Å². The summed E-state index contributed by atoms with van der Waals surface area (Å²) in [4.78, 5) is 13.7. The first-order chi connectivity index (χ1) is 9.52. The second kappa shape index (κ2) is 5.92. The Morgan fingerprint density at radius 1 is 1.25 bits per heavy atom. The molecule has 0 saturated heterocycles. The molecule has 0 aliphatic heterocycles. The predicted molar refractivity (Wildman–Crippen MR) is 76.5 cm³/mol. The maximum atomic E-state index is 11.7. The Balaban J connectivity index is 2.15. The zero-order valence-electron chi connectivity index (χ0n) is 11.7. The number of carbonyl (C=O) groups is 1. The molecule has 4 nitrogen and oxygen atoms in total. The van der Waals surface area contributed by atoms with E-state index in [1.807, 2.05) is 54.4 Å². The minimum Gasteiger partial charge on any atom is -0.481 e. The van der Waals surface area contributed by atoms with Crippen molar-refractivity contribution < 1.29 is 14.3 Å². The van der Waals surface area contributed by atoms with Gasteiger partial charge in [0.25, 0.3) is 0 Å². The van der Waals surface area contributed by atoms with Gasteiger partial charge in [-0.3, -0.25) is 9.69 Å². The molecule has 1 heterocycles. The van der Waals surface area contributed by atoms with E-state index in [9.17, 15) is 9.90 Å². The average Bonchev–Trinajstić information content (AvgIpc) is 2.92. The van der Waals surface area contributed by atoms with Crippen molar-refractivity contribution >= 4 is 5.97 Å². The van der Waals surface area contributed by atoms with E-state index in [0.29, 0.717) is 13.1 Å². The highest BCUT2D eigenvalue weighted by Gasteiger charge is 2.36. The van der Waals surface area contributed by atoms with Gasteiger partial charge in [-0.1, -0.05) is 30.3 Å². The fourth-order valence-corrected chi connectivity index (χ4v) is 2.35. The molecule has 0 spiro atoms. The summed E-state index contributed by atoms with van der Waals surface area (Å²) >= 11 is 0. The number of likely N-dealkylation sites (N-methyl/N-ethyl adjacent to an activating group) is 1. The number of hydrogen-bond acceptors (Lipinski definition) is 3. The molecule has 0 aliphatic rings. The van der Waals surface area contributed by atoms with Crippen LogP contribution in [0.1, 0.15) is 18.2 Å². The molecular weight excluding hydrogens is 254 g/mol. The molecule has 0 radical (unpaired) electrons. The SMILES string of the molecule is CN(Cc1ccco1)CC(C)(C(=O)O)c1ccccc1. The summed E-state index contributed by atoms with van der Waals surface area (Å²) < 4.78 is 5.30. The molecule has 0 bridgehead atoms. The molecule has 0 saturated carbocycles. The summed E-state index contributed by atoms with van der Waals surface area (Å²) in [6.07, 6.45) is 1.62. The summed E-state index contributed by atoms with van der Waals surface area (Å²) in [7, 11) is 1.90. The first-order valence-corrected chi connectivity index (χ1v) is 6.52. The van der Waals surface area contributed by atoms with E-state index in [2.05, 4.69) is 0 Å². The molecule has 1 aromatic carbocycles. The van der Waals surface area contributed by atoms with Gasteiger partial charge in [-0.25, -0.2) is 0 Å². The van der Waals surface area contributed by atoms with E-state index in [-0.39, 0.29) is 0 Å². The lowest BCUT2D eigenvalue weighted by molar-refractivity contribution is -0.144. The van der Waals surface area contributed by atoms with Crippen LogP contribution in [0.2, 0.25) is 0 Å². The van der Waals surface area contributed by atoms with Crippen molar-refractivity contribution in [1.29, 1.82) is 0 Å². The van der Waals surface area contributed by atoms with Gasteiger partial charge in [0, 0.05) is 6.54 Å². The molecule has 0 aliphatic carbocycles. The molecule has 2 aromatic rings. The van der Waals surface area contributed by atoms with E-state index in [1.54, 1.807) is 13.2 Å². The Morgan fingerprint density at radius 2 is 1.95 bits per heavy atom. The third-order valence-electron chi connectivity index (χ3n) is 3.47. The standard InChI is InChI=1S/C16H19NO3/c1-16(15(18)19,13-7-4-3-5-8-13)12-17(2)11-14-9-6-10-20-14/h3-10H,11-12H2,1-2H3,(H,18,19). The van der Waals surface area contributed by atoms with Gasteiger partial charge in [-0.15, -0.1) is 0 Å². The Hall–Kier alpha value is -2.07. The third-order valence-corrected chi connectivity index (χ3v) is 3.47. The Kier molecular flexibility index (Phi) is 4.25. The van der Waals surface area contributed by atoms with Gasteiger partial charge in [0.15, 0.2) is 0 Å². The van der Waals surface area contributed by atoms with Crippen LogP contribution in [0.3, 0.4) is 0 Å². The zero-order chi connectivity index (χ0) is 14.6. The van der Waals surface area contributed by atoms with E-state index in [0.717, 1.165) is 11.3 Å². The maximum Gasteiger partial charge on any atom is 0.315 e. The molecule has 0 amide bonds. The number of carboxylic acid groups (broad SMARTS) is 1. The lowest BCUT2D eigenvalue weighted by Crippen LogP contribution is -2.43. The topological polar surface area (TPSA) is 53.7 Å². The largest absolute Gasteiger partial charge is 0.481 e. The Bertz CT molecular complexity index is 550. The van der Waals surface area contributed by atoms with Crippen LogP contribution >= 0.6 is 0 Å². The van der Waals surface area contributed by atoms with Crippen LogP contribution in [0, 0.1) is 0 Å². The van der Waals surface area contributed by atoms with Gasteiger partial charge < -0.3 is 9.52 Å². The van der Waals surface area contributed by atoms with Crippen molar-refractivity contribution in [2.45, 2.75) is 18.9 Å². The number of nitrogens with zero attached hydrogens (tertiary/aromatic N) is 1. The quantitative estimate of drug-likeness (QED) is 0.879. The fraction of sp³-hybridized carbons (Fsp3) is 0.312. The molecule has 20 heavy (non-hydrogen) atoms. The van der Waals surface area contributed by atoms with Crippen molar-refractivity contribution in [2.75, 3.05) is 13.6 Å². The highest BCUT2D eigenvalue weighted by Crippen LogP contribution is 2.25. The molecule has 106 valence electrons. The van der Waals surface area contributed by atoms with Gasteiger partial charge >= 0.3 is 5.97 Å². The van der Waals surface area contributed by atoms with Gasteiger partial charge in [-0.05, 0) is 31.7 Å². The van der Waals surface area contributed by atoms with Crippen molar-refractivity contribution in [3.05, 3.63) is 60.1 Å². The van der Waals surface area contributed by atoms with E-state index in [1.165, 1.54) is 0 Å². The molecule has 2 rings (SSSR count). The van der Waals surface area contributed by atoms with Crippen molar-refractivity contribution in [1.82, 2.24) is 4.90 Å². The highest BCUT2D eigenvalue weighted by atomic mass is 16.4. The minimum absolute atomic E-state index is 0.410. The van der Waals surface area contributed by atoms with Crippen LogP contribution < -0.4 is 0 Å². The average molecular weight is 273 g/mol. The van der Waals surface area contributed by atoms with Crippen LogP contribution in [-0.4, -0.2) is 29.6 Å². The molecule has 0 fully saturated rings. The van der Waals surface area contributed by atoms with Gasteiger partial charge in [0.05, 0.1) is 12.8 Å². The van der Waals surface area contributed by atoms with Crippen LogP contribution in [-0.2, 0) is 16.8 Å². The van der Waals surface area contributed by atoms with Crippen molar-refractivity contribution in [3.8, 4) is 0 Å². The van der Waals surface area contributed by atoms with Gasteiger partial charge in [0.2, 0.25) is 0 Å². The summed E-state index contributed by atoms with van der Waals surface area (Å²) in [5.41, 5.74) is -0.137. The number of hydrogen-bond donors (Lipinski definition) is 1. The molecule has 1 N–H and O–H groups in total. The highest BCUT2D eigenvalue weighted by molar-refractivity contribution is 5.81.